The van der Waals surface area contributed by atoms with Gasteiger partial charge in [-0.2, -0.15) is 0 Å². The molecule has 0 spiro atoms. The Morgan fingerprint density at radius 1 is 1.18 bits per heavy atom. The van der Waals surface area contributed by atoms with Gasteiger partial charge in [-0.3, -0.25) is 9.69 Å². The van der Waals surface area contributed by atoms with Crippen molar-refractivity contribution >= 4 is 28.2 Å². The van der Waals surface area contributed by atoms with Gasteiger partial charge in [0.2, 0.25) is 0 Å². The molecule has 2 N–H and O–H groups in total. The van der Waals surface area contributed by atoms with Crippen LogP contribution in [0.1, 0.15) is 18.9 Å². The number of ether oxygens (including phenoxy) is 4. The maximum atomic E-state index is 12.9. The molecule has 2 aliphatic rings. The monoisotopic (exact) mass is 490 g/mol. The molecular weight excluding hydrogens is 456 g/mol. The van der Waals surface area contributed by atoms with Gasteiger partial charge in [-0.25, -0.2) is 0 Å². The molecule has 1 aromatic heterocycles. The van der Waals surface area contributed by atoms with Crippen molar-refractivity contribution in [3.05, 3.63) is 34.1 Å². The van der Waals surface area contributed by atoms with E-state index < -0.39 is 0 Å². The quantitative estimate of drug-likeness (QED) is 0.382. The van der Waals surface area contributed by atoms with Crippen LogP contribution >= 0.6 is 12.2 Å². The van der Waals surface area contributed by atoms with Crippen molar-refractivity contribution in [2.45, 2.75) is 19.9 Å². The molecule has 1 fully saturated rings. The number of thiocarbonyl (C=S) groups is 1. The molecular formula is C24H34N4O5S. The normalized spacial score (nSPS) is 15.9. The van der Waals surface area contributed by atoms with Gasteiger partial charge in [-0.15, -0.1) is 0 Å². The lowest BCUT2D eigenvalue weighted by Crippen LogP contribution is -2.46. The number of fused-ring (bicyclic) bond motifs is 2. The summed E-state index contributed by atoms with van der Waals surface area (Å²) in [7, 11) is 0. The number of benzene rings is 1. The van der Waals surface area contributed by atoms with Crippen LogP contribution in [0.2, 0.25) is 0 Å². The van der Waals surface area contributed by atoms with Crippen LogP contribution in [0.25, 0.3) is 10.9 Å². The van der Waals surface area contributed by atoms with Gasteiger partial charge in [-0.1, -0.05) is 0 Å². The highest BCUT2D eigenvalue weighted by Gasteiger charge is 2.18. The first-order valence-corrected chi connectivity index (χ1v) is 12.4. The summed E-state index contributed by atoms with van der Waals surface area (Å²) in [6, 6.07) is 5.67. The lowest BCUT2D eigenvalue weighted by Gasteiger charge is -2.31. The van der Waals surface area contributed by atoms with E-state index in [0.29, 0.717) is 55.1 Å². The van der Waals surface area contributed by atoms with E-state index in [2.05, 4.69) is 20.1 Å². The van der Waals surface area contributed by atoms with Crippen molar-refractivity contribution in [3.63, 3.8) is 0 Å². The van der Waals surface area contributed by atoms with E-state index in [-0.39, 0.29) is 5.56 Å². The first-order valence-electron chi connectivity index (χ1n) is 12.0. The van der Waals surface area contributed by atoms with Crippen LogP contribution < -0.4 is 20.3 Å². The smallest absolute Gasteiger partial charge is 0.253 e. The van der Waals surface area contributed by atoms with Gasteiger partial charge in [0.05, 0.1) is 25.3 Å². The number of aromatic amines is 1. The lowest BCUT2D eigenvalue weighted by atomic mass is 10.1. The molecule has 34 heavy (non-hydrogen) atoms. The fourth-order valence-electron chi connectivity index (χ4n) is 4.08. The number of pyridine rings is 1. The van der Waals surface area contributed by atoms with Gasteiger partial charge < -0.3 is 34.1 Å². The van der Waals surface area contributed by atoms with Gasteiger partial charge in [0, 0.05) is 63.0 Å². The standard InChI is InChI=1S/C24H34N4O5S/c1-2-30-9-3-4-25-24(34)28(6-5-27-7-10-31-11-8-27)17-19-14-18-15-21-22(33-13-12-32-21)16-20(18)26-23(19)29/h14-16H,2-13,17H2,1H3,(H,25,34)(H,26,29). The van der Waals surface area contributed by atoms with Crippen LogP contribution in [0.5, 0.6) is 11.5 Å². The minimum Gasteiger partial charge on any atom is -0.486 e. The van der Waals surface area contributed by atoms with Gasteiger partial charge >= 0.3 is 0 Å². The maximum absolute atomic E-state index is 12.9. The fourth-order valence-corrected chi connectivity index (χ4v) is 4.33. The number of morpholine rings is 1. The van der Waals surface area contributed by atoms with Crippen molar-refractivity contribution in [2.24, 2.45) is 0 Å². The molecule has 10 heteroatoms. The van der Waals surface area contributed by atoms with Gasteiger partial charge in [-0.05, 0) is 37.7 Å². The first kappa shape index (κ1) is 24.7. The molecule has 0 amide bonds. The summed E-state index contributed by atoms with van der Waals surface area (Å²) < 4.78 is 22.2. The van der Waals surface area contributed by atoms with E-state index in [0.717, 1.165) is 63.3 Å². The third kappa shape index (κ3) is 6.59. The summed E-state index contributed by atoms with van der Waals surface area (Å²) in [5.41, 5.74) is 1.26. The molecule has 3 heterocycles. The van der Waals surface area contributed by atoms with Crippen molar-refractivity contribution in [1.29, 1.82) is 0 Å². The van der Waals surface area contributed by atoms with E-state index in [9.17, 15) is 4.79 Å². The van der Waals surface area contributed by atoms with Gasteiger partial charge in [0.1, 0.15) is 13.2 Å². The molecule has 0 atom stereocenters. The Morgan fingerprint density at radius 2 is 1.94 bits per heavy atom. The summed E-state index contributed by atoms with van der Waals surface area (Å²) >= 11 is 5.72. The minimum absolute atomic E-state index is 0.125. The molecule has 9 nitrogen and oxygen atoms in total. The van der Waals surface area contributed by atoms with Crippen molar-refractivity contribution in [3.8, 4) is 11.5 Å². The van der Waals surface area contributed by atoms with Crippen molar-refractivity contribution < 1.29 is 18.9 Å². The van der Waals surface area contributed by atoms with Crippen LogP contribution in [-0.4, -0.2) is 92.3 Å². The Kier molecular flexibility index (Phi) is 8.97. The van der Waals surface area contributed by atoms with E-state index in [1.54, 1.807) is 0 Å². The topological polar surface area (TPSA) is 88.3 Å². The van der Waals surface area contributed by atoms with Crippen LogP contribution in [-0.2, 0) is 16.0 Å². The minimum atomic E-state index is -0.125. The van der Waals surface area contributed by atoms with Crippen LogP contribution in [0.4, 0.5) is 0 Å². The van der Waals surface area contributed by atoms with Crippen molar-refractivity contribution in [1.82, 2.24) is 20.1 Å². The summed E-state index contributed by atoms with van der Waals surface area (Å²) in [6.45, 7) is 10.5. The second-order valence-corrected chi connectivity index (χ2v) is 8.75. The predicted molar refractivity (Wildman–Crippen MR) is 135 cm³/mol. The Hall–Kier alpha value is -2.40. The average molecular weight is 491 g/mol. The lowest BCUT2D eigenvalue weighted by molar-refractivity contribution is 0.0357. The first-order chi connectivity index (χ1) is 16.6. The Morgan fingerprint density at radius 3 is 2.71 bits per heavy atom. The van der Waals surface area contributed by atoms with E-state index in [4.69, 9.17) is 31.2 Å². The van der Waals surface area contributed by atoms with Gasteiger partial charge in [0.25, 0.3) is 5.56 Å². The summed E-state index contributed by atoms with van der Waals surface area (Å²) in [5.74, 6) is 1.36. The number of hydrogen-bond donors (Lipinski definition) is 2. The molecule has 0 saturated carbocycles. The van der Waals surface area contributed by atoms with Crippen LogP contribution in [0.3, 0.4) is 0 Å². The number of aromatic nitrogens is 1. The SMILES string of the molecule is CCOCCCNC(=S)N(CCN1CCOCC1)Cc1cc2cc3c(cc2[nH]c1=O)OCCO3. The van der Waals surface area contributed by atoms with E-state index >= 15 is 0 Å². The zero-order valence-corrected chi connectivity index (χ0v) is 20.6. The second kappa shape index (κ2) is 12.3. The number of rotatable bonds is 10. The highest BCUT2D eigenvalue weighted by Crippen LogP contribution is 2.33. The number of H-pyrrole nitrogens is 1. The zero-order chi connectivity index (χ0) is 23.8. The number of nitrogens with one attached hydrogen (secondary N) is 2. The molecule has 1 aromatic carbocycles. The average Bonchev–Trinajstić information content (AvgIpc) is 2.86. The highest BCUT2D eigenvalue weighted by atomic mass is 32.1. The Labute approximate surface area is 205 Å². The molecule has 2 aliphatic heterocycles. The van der Waals surface area contributed by atoms with Crippen LogP contribution in [0.15, 0.2) is 23.0 Å². The largest absolute Gasteiger partial charge is 0.486 e. The molecule has 0 unspecified atom stereocenters. The van der Waals surface area contributed by atoms with Crippen LogP contribution in [0, 0.1) is 0 Å². The number of nitrogens with zero attached hydrogens (tertiary/aromatic N) is 2. The fraction of sp³-hybridized carbons (Fsp3) is 0.583. The molecule has 0 bridgehead atoms. The Bertz CT molecular complexity index is 1020. The molecule has 0 radical (unpaired) electrons. The van der Waals surface area contributed by atoms with Crippen molar-refractivity contribution in [2.75, 3.05) is 72.4 Å². The molecule has 186 valence electrons. The highest BCUT2D eigenvalue weighted by molar-refractivity contribution is 7.80. The second-order valence-electron chi connectivity index (χ2n) is 8.36. The third-order valence-electron chi connectivity index (χ3n) is 5.97. The Balaban J connectivity index is 1.48. The third-order valence-corrected chi connectivity index (χ3v) is 6.37. The maximum Gasteiger partial charge on any atom is 0.253 e. The molecule has 4 rings (SSSR count). The molecule has 2 aromatic rings. The molecule has 1 saturated heterocycles. The zero-order valence-electron chi connectivity index (χ0n) is 19.8. The summed E-state index contributed by atoms with van der Waals surface area (Å²) in [5, 5.41) is 4.88. The summed E-state index contributed by atoms with van der Waals surface area (Å²) in [6.07, 6.45) is 0.870. The predicted octanol–water partition coefficient (Wildman–Crippen LogP) is 1.73. The molecule has 0 aliphatic carbocycles. The van der Waals surface area contributed by atoms with E-state index in [1.165, 1.54) is 0 Å². The summed E-state index contributed by atoms with van der Waals surface area (Å²) in [4.78, 5) is 20.4. The van der Waals surface area contributed by atoms with Gasteiger partial charge in [0.15, 0.2) is 16.6 Å². The number of hydrogen-bond acceptors (Lipinski definition) is 7. The van der Waals surface area contributed by atoms with E-state index in [1.807, 2.05) is 25.1 Å².